The molecule has 0 unspecified atom stereocenters. The standard InChI is InChI=1S/C27H26FN5O5S/c1-36-20-10-4-17(5-11-20)26(35)29-15-24-31-32-27(33(24)19-8-6-18(28)7-9-19)39-16-25(34)30-22-13-12-21(37-2)14-23(22)38-3/h4-14H,15-16H2,1-3H3,(H,29,35)(H,30,34). The average Bonchev–Trinajstić information content (AvgIpc) is 3.38. The van der Waals surface area contributed by atoms with E-state index in [1.54, 1.807) is 73.4 Å². The third-order valence-electron chi connectivity index (χ3n) is 5.56. The number of nitrogens with one attached hydrogen (secondary N) is 2. The number of anilines is 1. The molecule has 0 bridgehead atoms. The Morgan fingerprint density at radius 2 is 1.59 bits per heavy atom. The minimum absolute atomic E-state index is 0.00667. The number of hydrogen-bond acceptors (Lipinski definition) is 8. The zero-order chi connectivity index (χ0) is 27.8. The van der Waals surface area contributed by atoms with Gasteiger partial charge in [-0.25, -0.2) is 4.39 Å². The normalized spacial score (nSPS) is 10.6. The van der Waals surface area contributed by atoms with Gasteiger partial charge in [-0.3, -0.25) is 14.2 Å². The van der Waals surface area contributed by atoms with Gasteiger partial charge in [-0.15, -0.1) is 10.2 Å². The van der Waals surface area contributed by atoms with Crippen molar-refractivity contribution in [1.82, 2.24) is 20.1 Å². The van der Waals surface area contributed by atoms with Crippen LogP contribution in [-0.2, 0) is 11.3 Å². The highest BCUT2D eigenvalue weighted by atomic mass is 32.2. The van der Waals surface area contributed by atoms with E-state index in [0.29, 0.717) is 45.2 Å². The molecule has 1 heterocycles. The van der Waals surface area contributed by atoms with Gasteiger partial charge in [0, 0.05) is 17.3 Å². The van der Waals surface area contributed by atoms with Crippen LogP contribution in [0.15, 0.2) is 71.9 Å². The van der Waals surface area contributed by atoms with Gasteiger partial charge in [0.25, 0.3) is 5.91 Å². The quantitative estimate of drug-likeness (QED) is 0.268. The van der Waals surface area contributed by atoms with Crippen LogP contribution in [0.25, 0.3) is 5.69 Å². The highest BCUT2D eigenvalue weighted by Gasteiger charge is 2.18. The summed E-state index contributed by atoms with van der Waals surface area (Å²) >= 11 is 1.14. The van der Waals surface area contributed by atoms with Crippen molar-refractivity contribution in [1.29, 1.82) is 0 Å². The van der Waals surface area contributed by atoms with Gasteiger partial charge in [-0.1, -0.05) is 11.8 Å². The summed E-state index contributed by atoms with van der Waals surface area (Å²) in [4.78, 5) is 25.4. The summed E-state index contributed by atoms with van der Waals surface area (Å²) < 4.78 is 30.9. The van der Waals surface area contributed by atoms with E-state index in [9.17, 15) is 14.0 Å². The van der Waals surface area contributed by atoms with E-state index in [1.807, 2.05) is 0 Å². The molecule has 0 radical (unpaired) electrons. The third kappa shape index (κ3) is 6.85. The summed E-state index contributed by atoms with van der Waals surface area (Å²) in [6, 6.07) is 17.5. The molecule has 2 N–H and O–H groups in total. The molecular weight excluding hydrogens is 525 g/mol. The van der Waals surface area contributed by atoms with Crippen molar-refractivity contribution in [2.24, 2.45) is 0 Å². The third-order valence-corrected chi connectivity index (χ3v) is 6.49. The van der Waals surface area contributed by atoms with Crippen molar-refractivity contribution < 1.29 is 28.2 Å². The molecule has 39 heavy (non-hydrogen) atoms. The molecule has 3 aromatic carbocycles. The van der Waals surface area contributed by atoms with E-state index < -0.39 is 5.82 Å². The molecule has 2 amide bonds. The Morgan fingerprint density at radius 3 is 2.26 bits per heavy atom. The van der Waals surface area contributed by atoms with Crippen molar-refractivity contribution in [2.45, 2.75) is 11.7 Å². The molecule has 0 saturated heterocycles. The Bertz CT molecular complexity index is 1440. The number of benzene rings is 3. The fourth-order valence-corrected chi connectivity index (χ4v) is 4.35. The van der Waals surface area contributed by atoms with Crippen molar-refractivity contribution in [3.63, 3.8) is 0 Å². The second kappa shape index (κ2) is 12.8. The number of aromatic nitrogens is 3. The predicted molar refractivity (Wildman–Crippen MR) is 144 cm³/mol. The van der Waals surface area contributed by atoms with Crippen molar-refractivity contribution in [2.75, 3.05) is 32.4 Å². The monoisotopic (exact) mass is 551 g/mol. The zero-order valence-corrected chi connectivity index (χ0v) is 22.3. The van der Waals surface area contributed by atoms with E-state index in [0.717, 1.165) is 11.8 Å². The van der Waals surface area contributed by atoms with Gasteiger partial charge >= 0.3 is 0 Å². The minimum Gasteiger partial charge on any atom is -0.497 e. The minimum atomic E-state index is -0.400. The lowest BCUT2D eigenvalue weighted by Crippen LogP contribution is -2.24. The van der Waals surface area contributed by atoms with Crippen LogP contribution < -0.4 is 24.8 Å². The highest BCUT2D eigenvalue weighted by molar-refractivity contribution is 7.99. The first kappa shape index (κ1) is 27.5. The fraction of sp³-hybridized carbons (Fsp3) is 0.185. The topological polar surface area (TPSA) is 117 Å². The molecule has 0 spiro atoms. The Hall–Kier alpha value is -4.58. The van der Waals surface area contributed by atoms with Gasteiger partial charge in [-0.05, 0) is 60.7 Å². The van der Waals surface area contributed by atoms with Gasteiger partial charge in [0.2, 0.25) is 5.91 Å². The molecule has 1 aromatic heterocycles. The largest absolute Gasteiger partial charge is 0.497 e. The van der Waals surface area contributed by atoms with Crippen molar-refractivity contribution >= 4 is 29.3 Å². The Labute approximate surface area is 228 Å². The fourth-order valence-electron chi connectivity index (χ4n) is 3.58. The van der Waals surface area contributed by atoms with Gasteiger partial charge in [0.15, 0.2) is 11.0 Å². The molecule has 0 aliphatic heterocycles. The maximum absolute atomic E-state index is 13.6. The molecule has 12 heteroatoms. The van der Waals surface area contributed by atoms with Crippen LogP contribution in [0.5, 0.6) is 17.2 Å². The van der Waals surface area contributed by atoms with E-state index in [2.05, 4.69) is 20.8 Å². The predicted octanol–water partition coefficient (Wildman–Crippen LogP) is 4.09. The maximum atomic E-state index is 13.6. The number of carbonyl (C=O) groups excluding carboxylic acids is 2. The van der Waals surface area contributed by atoms with Crippen LogP contribution in [0.2, 0.25) is 0 Å². The number of ether oxygens (including phenoxy) is 3. The zero-order valence-electron chi connectivity index (χ0n) is 21.4. The van der Waals surface area contributed by atoms with Crippen molar-refractivity contribution in [3.05, 3.63) is 83.9 Å². The molecule has 0 aliphatic carbocycles. The first-order valence-electron chi connectivity index (χ1n) is 11.7. The number of rotatable bonds is 11. The lowest BCUT2D eigenvalue weighted by atomic mass is 10.2. The summed E-state index contributed by atoms with van der Waals surface area (Å²) in [6.45, 7) is 0.0467. The maximum Gasteiger partial charge on any atom is 0.251 e. The summed E-state index contributed by atoms with van der Waals surface area (Å²) in [6.07, 6.45) is 0. The van der Waals surface area contributed by atoms with E-state index in [4.69, 9.17) is 14.2 Å². The summed E-state index contributed by atoms with van der Waals surface area (Å²) in [5.74, 6) is 1.09. The van der Waals surface area contributed by atoms with Crippen molar-refractivity contribution in [3.8, 4) is 22.9 Å². The molecule has 0 aliphatic rings. The second-order valence-electron chi connectivity index (χ2n) is 8.02. The van der Waals surface area contributed by atoms with Gasteiger partial charge in [-0.2, -0.15) is 0 Å². The molecule has 4 aromatic rings. The number of nitrogens with zero attached hydrogens (tertiary/aromatic N) is 3. The van der Waals surface area contributed by atoms with Crippen LogP contribution in [0.3, 0.4) is 0 Å². The number of halogens is 1. The number of hydrogen-bond donors (Lipinski definition) is 2. The summed E-state index contributed by atoms with van der Waals surface area (Å²) in [5.41, 5.74) is 1.52. The van der Waals surface area contributed by atoms with Gasteiger partial charge < -0.3 is 24.8 Å². The molecule has 0 atom stereocenters. The lowest BCUT2D eigenvalue weighted by molar-refractivity contribution is -0.113. The first-order chi connectivity index (χ1) is 18.9. The molecular formula is C27H26FN5O5S. The van der Waals surface area contributed by atoms with Gasteiger partial charge in [0.1, 0.15) is 23.1 Å². The summed E-state index contributed by atoms with van der Waals surface area (Å²) in [5, 5.41) is 14.5. The Morgan fingerprint density at radius 1 is 0.897 bits per heavy atom. The molecule has 202 valence electrons. The number of carbonyl (C=O) groups is 2. The highest BCUT2D eigenvalue weighted by Crippen LogP contribution is 2.29. The van der Waals surface area contributed by atoms with Gasteiger partial charge in [0.05, 0.1) is 39.3 Å². The lowest BCUT2D eigenvalue weighted by Gasteiger charge is -2.12. The van der Waals surface area contributed by atoms with Crippen LogP contribution >= 0.6 is 11.8 Å². The number of amides is 2. The molecule has 4 rings (SSSR count). The number of methoxy groups -OCH3 is 3. The molecule has 10 nitrogen and oxygen atoms in total. The smallest absolute Gasteiger partial charge is 0.251 e. The van der Waals surface area contributed by atoms with E-state index in [1.165, 1.54) is 19.2 Å². The SMILES string of the molecule is COc1ccc(C(=O)NCc2nnc(SCC(=O)Nc3ccc(OC)cc3OC)n2-c2ccc(F)cc2)cc1. The van der Waals surface area contributed by atoms with E-state index >= 15 is 0 Å². The second-order valence-corrected chi connectivity index (χ2v) is 8.97. The average molecular weight is 552 g/mol. The molecule has 0 fully saturated rings. The van der Waals surface area contributed by atoms with Crippen LogP contribution in [0, 0.1) is 5.82 Å². The number of thioether (sulfide) groups is 1. The van der Waals surface area contributed by atoms with E-state index in [-0.39, 0.29) is 24.1 Å². The summed E-state index contributed by atoms with van der Waals surface area (Å²) in [7, 11) is 4.59. The Kier molecular flexibility index (Phi) is 9.00. The van der Waals surface area contributed by atoms with Crippen LogP contribution in [0.1, 0.15) is 16.2 Å². The first-order valence-corrected chi connectivity index (χ1v) is 12.7. The molecule has 0 saturated carbocycles. The Balaban J connectivity index is 1.49. The van der Waals surface area contributed by atoms with Crippen LogP contribution in [-0.4, -0.2) is 53.7 Å². The van der Waals surface area contributed by atoms with Crippen LogP contribution in [0.4, 0.5) is 10.1 Å².